The zero-order valence-corrected chi connectivity index (χ0v) is 31.7. The maximum absolute atomic E-state index is 14.9. The van der Waals surface area contributed by atoms with Crippen LogP contribution in [0.5, 0.6) is 0 Å². The van der Waals surface area contributed by atoms with E-state index < -0.39 is 65.0 Å². The molecule has 1 saturated heterocycles. The van der Waals surface area contributed by atoms with E-state index in [9.17, 15) is 19.2 Å². The minimum atomic E-state index is -1.72. The van der Waals surface area contributed by atoms with E-state index in [1.54, 1.807) is 34.6 Å². The number of thioether (sulfide) groups is 1. The second-order valence-corrected chi connectivity index (χ2v) is 16.0. The van der Waals surface area contributed by atoms with E-state index in [1.165, 1.54) is 11.8 Å². The smallest absolute Gasteiger partial charge is 0.408 e. The van der Waals surface area contributed by atoms with Crippen molar-refractivity contribution in [3.63, 3.8) is 0 Å². The van der Waals surface area contributed by atoms with Crippen LogP contribution in [0.15, 0.2) is 30.3 Å². The highest BCUT2D eigenvalue weighted by atomic mass is 32.2. The van der Waals surface area contributed by atoms with Gasteiger partial charge >= 0.3 is 6.09 Å². The molecule has 1 aliphatic heterocycles. The van der Waals surface area contributed by atoms with Crippen molar-refractivity contribution in [2.45, 2.75) is 143 Å². The number of alkyl carbamates (subject to hydrolysis) is 1. The van der Waals surface area contributed by atoms with E-state index >= 15 is 0 Å². The first kappa shape index (κ1) is 41.5. The van der Waals surface area contributed by atoms with Crippen LogP contribution in [0.4, 0.5) is 4.79 Å². The van der Waals surface area contributed by atoms with E-state index in [4.69, 9.17) is 19.9 Å². The molecule has 11 nitrogen and oxygen atoms in total. The van der Waals surface area contributed by atoms with Crippen molar-refractivity contribution in [3.8, 4) is 0 Å². The van der Waals surface area contributed by atoms with E-state index in [0.717, 1.165) is 10.5 Å². The number of carbonyl (C=O) groups is 4. The number of hydrogen-bond acceptors (Lipinski definition) is 9. The first-order valence-corrected chi connectivity index (χ1v) is 18.4. The van der Waals surface area contributed by atoms with Crippen LogP contribution >= 0.6 is 11.8 Å². The molecular formula is C36H60N4O7S. The van der Waals surface area contributed by atoms with Crippen LogP contribution in [0.3, 0.4) is 0 Å². The predicted molar refractivity (Wildman–Crippen MR) is 190 cm³/mol. The number of rotatable bonds is 15. The summed E-state index contributed by atoms with van der Waals surface area (Å²) < 4.78 is 18.2. The zero-order valence-electron chi connectivity index (χ0n) is 30.9. The van der Waals surface area contributed by atoms with E-state index in [2.05, 4.69) is 10.6 Å². The maximum atomic E-state index is 14.9. The molecule has 2 rings (SSSR count). The van der Waals surface area contributed by atoms with Crippen LogP contribution in [-0.4, -0.2) is 81.9 Å². The summed E-state index contributed by atoms with van der Waals surface area (Å²) in [6, 6.07) is 7.60. The van der Waals surface area contributed by atoms with Crippen molar-refractivity contribution in [1.82, 2.24) is 15.5 Å². The summed E-state index contributed by atoms with van der Waals surface area (Å²) in [7, 11) is 0. The Hall–Kier alpha value is -2.67. The molecule has 12 heteroatoms. The molecule has 272 valence electrons. The third-order valence-corrected chi connectivity index (χ3v) is 8.92. The van der Waals surface area contributed by atoms with Gasteiger partial charge in [0.15, 0.2) is 5.79 Å². The summed E-state index contributed by atoms with van der Waals surface area (Å²) in [4.78, 5) is 57.9. The quantitative estimate of drug-likeness (QED) is 0.220. The third-order valence-electron chi connectivity index (χ3n) is 8.31. The molecule has 4 amide bonds. The fourth-order valence-corrected chi connectivity index (χ4v) is 6.34. The molecule has 0 unspecified atom stereocenters. The fraction of sp³-hybridized carbons (Fsp3) is 0.722. The molecular weight excluding hydrogens is 632 g/mol. The average molecular weight is 693 g/mol. The van der Waals surface area contributed by atoms with Gasteiger partial charge in [-0.05, 0) is 83.8 Å². The first-order valence-electron chi connectivity index (χ1n) is 17.0. The van der Waals surface area contributed by atoms with Crippen molar-refractivity contribution in [1.29, 1.82) is 0 Å². The van der Waals surface area contributed by atoms with Crippen LogP contribution < -0.4 is 16.4 Å². The van der Waals surface area contributed by atoms with Crippen molar-refractivity contribution in [3.05, 3.63) is 35.9 Å². The molecule has 1 aliphatic rings. The number of nitrogens with zero attached hydrogens (tertiary/aromatic N) is 1. The fourth-order valence-electron chi connectivity index (χ4n) is 5.80. The highest BCUT2D eigenvalue weighted by Crippen LogP contribution is 2.37. The molecule has 0 aliphatic carbocycles. The van der Waals surface area contributed by atoms with Gasteiger partial charge in [0.2, 0.25) is 17.7 Å². The van der Waals surface area contributed by atoms with Crippen LogP contribution in [0.25, 0.3) is 0 Å². The Morgan fingerprint density at radius 2 is 1.69 bits per heavy atom. The average Bonchev–Trinajstić information content (AvgIpc) is 2.97. The normalized spacial score (nSPS) is 21.2. The van der Waals surface area contributed by atoms with Crippen LogP contribution in [0, 0.1) is 11.8 Å². The summed E-state index contributed by atoms with van der Waals surface area (Å²) in [6.45, 7) is 18.4. The Morgan fingerprint density at radius 3 is 2.23 bits per heavy atom. The summed E-state index contributed by atoms with van der Waals surface area (Å²) in [5.41, 5.74) is 4.86. The molecule has 5 atom stereocenters. The molecule has 0 spiro atoms. The largest absolute Gasteiger partial charge is 0.444 e. The highest BCUT2D eigenvalue weighted by Gasteiger charge is 2.55. The number of carbonyl (C=O) groups excluding carboxylic acids is 4. The number of imide groups is 1. The molecule has 4 N–H and O–H groups in total. The van der Waals surface area contributed by atoms with E-state index in [-0.39, 0.29) is 37.6 Å². The summed E-state index contributed by atoms with van der Waals surface area (Å²) in [5, 5.41) is 5.95. The molecule has 0 radical (unpaired) electrons. The van der Waals surface area contributed by atoms with Crippen LogP contribution in [-0.2, 0) is 35.1 Å². The van der Waals surface area contributed by atoms with E-state index in [1.807, 2.05) is 71.2 Å². The van der Waals surface area contributed by atoms with E-state index in [0.29, 0.717) is 12.2 Å². The summed E-state index contributed by atoms with van der Waals surface area (Å²) in [6.07, 6.45) is 0.370. The summed E-state index contributed by atoms with van der Waals surface area (Å²) >= 11 is 1.50. The highest BCUT2D eigenvalue weighted by molar-refractivity contribution is 7.98. The standard InChI is InChI=1S/C36H60N4O7S/c1-23(2)17-18-28(41)40(31(42)29(37)24(3)4)36(19-20-48-11,32(43)38-22-26-15-13-12-14-16-26)21-27-30(25(5)45-35(9,10)46-27)39-33(44)47-34(6,7)8/h12-16,23-25,27,29-30H,17-22,37H2,1-11H3,(H,38,43)(H,39,44)/t25-,27-,29-,30+,36-/m1/s1. The molecule has 1 heterocycles. The van der Waals surface area contributed by atoms with Gasteiger partial charge in [-0.1, -0.05) is 58.0 Å². The molecule has 48 heavy (non-hydrogen) atoms. The Balaban J connectivity index is 2.80. The minimum Gasteiger partial charge on any atom is -0.444 e. The van der Waals surface area contributed by atoms with Gasteiger partial charge in [-0.25, -0.2) is 4.79 Å². The Morgan fingerprint density at radius 1 is 1.06 bits per heavy atom. The minimum absolute atomic E-state index is 0.0529. The lowest BCUT2D eigenvalue weighted by Crippen LogP contribution is -2.69. The van der Waals surface area contributed by atoms with Gasteiger partial charge in [-0.3, -0.25) is 19.3 Å². The molecule has 0 aromatic heterocycles. The van der Waals surface area contributed by atoms with Gasteiger partial charge < -0.3 is 30.6 Å². The zero-order chi connectivity index (χ0) is 36.4. The van der Waals surface area contributed by atoms with Crippen molar-refractivity contribution < 1.29 is 33.4 Å². The SMILES string of the molecule is CSCC[C@@](C[C@H]1OC(C)(C)O[C@H](C)[C@@H]1NC(=O)OC(C)(C)C)(C(=O)NCc1ccccc1)N(C(=O)CCC(C)C)C(=O)[C@H](N)C(C)C. The number of ether oxygens (including phenoxy) is 3. The van der Waals surface area contributed by atoms with Gasteiger partial charge in [0.25, 0.3) is 0 Å². The topological polar surface area (TPSA) is 149 Å². The Labute approximate surface area is 292 Å². The van der Waals surface area contributed by atoms with Gasteiger partial charge in [-0.2, -0.15) is 11.8 Å². The van der Waals surface area contributed by atoms with Gasteiger partial charge in [-0.15, -0.1) is 0 Å². The predicted octanol–water partition coefficient (Wildman–Crippen LogP) is 5.39. The number of benzene rings is 1. The number of hydrogen-bond donors (Lipinski definition) is 3. The van der Waals surface area contributed by atoms with Crippen molar-refractivity contribution in [2.24, 2.45) is 17.6 Å². The molecule has 0 bridgehead atoms. The molecule has 0 saturated carbocycles. The van der Waals surface area contributed by atoms with Gasteiger partial charge in [0.05, 0.1) is 24.3 Å². The van der Waals surface area contributed by atoms with Crippen LogP contribution in [0.1, 0.15) is 100 Å². The van der Waals surface area contributed by atoms with Crippen LogP contribution in [0.2, 0.25) is 0 Å². The number of nitrogens with two attached hydrogens (primary N) is 1. The van der Waals surface area contributed by atoms with Crippen molar-refractivity contribution in [2.75, 3.05) is 12.0 Å². The lowest BCUT2D eigenvalue weighted by atomic mass is 9.81. The second-order valence-electron chi connectivity index (χ2n) is 15.0. The third kappa shape index (κ3) is 12.0. The monoisotopic (exact) mass is 692 g/mol. The number of nitrogens with one attached hydrogen (secondary N) is 2. The maximum Gasteiger partial charge on any atom is 0.408 e. The second kappa shape index (κ2) is 17.8. The van der Waals surface area contributed by atoms with Gasteiger partial charge in [0, 0.05) is 19.4 Å². The molecule has 1 aromatic carbocycles. The van der Waals surface area contributed by atoms with Crippen molar-refractivity contribution >= 4 is 35.6 Å². The van der Waals surface area contributed by atoms with Gasteiger partial charge in [0.1, 0.15) is 11.1 Å². The first-order chi connectivity index (χ1) is 22.2. The Bertz CT molecular complexity index is 1220. The Kier molecular flexibility index (Phi) is 15.4. The lowest BCUT2D eigenvalue weighted by Gasteiger charge is -2.50. The summed E-state index contributed by atoms with van der Waals surface area (Å²) in [5.74, 6) is -2.37. The molecule has 1 aromatic rings. The lowest BCUT2D eigenvalue weighted by molar-refractivity contribution is -0.309. The number of amides is 4. The molecule has 1 fully saturated rings.